The van der Waals surface area contributed by atoms with Crippen LogP contribution >= 0.6 is 0 Å². The summed E-state index contributed by atoms with van der Waals surface area (Å²) < 4.78 is 0. The number of benzene rings is 1. The normalized spacial score (nSPS) is 16.6. The van der Waals surface area contributed by atoms with Crippen molar-refractivity contribution in [2.45, 2.75) is 44.6 Å². The number of aromatic amines is 1. The molecule has 1 amide bonds. The molecule has 3 rings (SSSR count). The maximum absolute atomic E-state index is 12.0. The minimum absolute atomic E-state index is 0.147. The van der Waals surface area contributed by atoms with E-state index in [1.54, 1.807) is 0 Å². The van der Waals surface area contributed by atoms with Gasteiger partial charge in [0.05, 0.1) is 12.0 Å². The molecule has 0 spiro atoms. The van der Waals surface area contributed by atoms with Crippen LogP contribution in [0.5, 0.6) is 0 Å². The van der Waals surface area contributed by atoms with E-state index in [0.29, 0.717) is 24.4 Å². The van der Waals surface area contributed by atoms with E-state index in [1.165, 1.54) is 0 Å². The molecular formula is C16H20N4O2. The van der Waals surface area contributed by atoms with Gasteiger partial charge < -0.3 is 10.4 Å². The van der Waals surface area contributed by atoms with Gasteiger partial charge in [-0.05, 0) is 44.0 Å². The molecule has 3 N–H and O–H groups in total. The van der Waals surface area contributed by atoms with Gasteiger partial charge in [-0.1, -0.05) is 12.8 Å². The van der Waals surface area contributed by atoms with Crippen molar-refractivity contribution in [3.8, 4) is 11.4 Å². The van der Waals surface area contributed by atoms with Crippen LogP contribution in [-0.2, 0) is 4.79 Å². The molecule has 0 unspecified atom stereocenters. The molecule has 116 valence electrons. The topological polar surface area (TPSA) is 90.9 Å². The lowest BCUT2D eigenvalue weighted by molar-refractivity contribution is -0.120. The zero-order valence-electron chi connectivity index (χ0n) is 12.6. The smallest absolute Gasteiger partial charge is 0.227 e. The van der Waals surface area contributed by atoms with E-state index < -0.39 is 5.60 Å². The first-order valence-corrected chi connectivity index (χ1v) is 7.56. The Kier molecular flexibility index (Phi) is 3.94. The molecule has 1 heterocycles. The molecule has 22 heavy (non-hydrogen) atoms. The highest BCUT2D eigenvalue weighted by molar-refractivity contribution is 5.91. The van der Waals surface area contributed by atoms with Gasteiger partial charge in [-0.2, -0.15) is 5.10 Å². The van der Waals surface area contributed by atoms with Crippen LogP contribution in [0.15, 0.2) is 24.3 Å². The monoisotopic (exact) mass is 300 g/mol. The van der Waals surface area contributed by atoms with E-state index in [1.807, 2.05) is 31.2 Å². The van der Waals surface area contributed by atoms with Crippen molar-refractivity contribution in [1.82, 2.24) is 15.2 Å². The summed E-state index contributed by atoms with van der Waals surface area (Å²) in [7, 11) is 0. The first-order chi connectivity index (χ1) is 10.5. The molecule has 1 fully saturated rings. The lowest BCUT2D eigenvalue weighted by Gasteiger charge is -2.21. The summed E-state index contributed by atoms with van der Waals surface area (Å²) in [5.74, 6) is 1.25. The van der Waals surface area contributed by atoms with E-state index in [2.05, 4.69) is 20.5 Å². The third-order valence-electron chi connectivity index (χ3n) is 4.05. The van der Waals surface area contributed by atoms with Crippen molar-refractivity contribution in [3.05, 3.63) is 30.1 Å². The van der Waals surface area contributed by atoms with Gasteiger partial charge >= 0.3 is 0 Å². The van der Waals surface area contributed by atoms with Crippen LogP contribution in [-0.4, -0.2) is 31.8 Å². The lowest BCUT2D eigenvalue weighted by atomic mass is 9.97. The fraction of sp³-hybridized carbons (Fsp3) is 0.438. The van der Waals surface area contributed by atoms with Crippen LogP contribution in [0.25, 0.3) is 11.4 Å². The largest absolute Gasteiger partial charge is 0.389 e. The average Bonchev–Trinajstić information content (AvgIpc) is 3.08. The minimum atomic E-state index is -0.819. The van der Waals surface area contributed by atoms with Crippen LogP contribution < -0.4 is 5.32 Å². The number of amides is 1. The predicted molar refractivity (Wildman–Crippen MR) is 83.2 cm³/mol. The quantitative estimate of drug-likeness (QED) is 0.808. The lowest BCUT2D eigenvalue weighted by Crippen LogP contribution is -2.30. The number of nitrogens with one attached hydrogen (secondary N) is 2. The Bertz CT molecular complexity index is 657. The van der Waals surface area contributed by atoms with Crippen LogP contribution in [0.1, 0.15) is 37.9 Å². The average molecular weight is 300 g/mol. The second-order valence-corrected chi connectivity index (χ2v) is 5.98. The molecule has 1 saturated carbocycles. The molecule has 0 radical (unpaired) electrons. The summed E-state index contributed by atoms with van der Waals surface area (Å²) in [6.45, 7) is 1.85. The predicted octanol–water partition coefficient (Wildman–Crippen LogP) is 2.41. The van der Waals surface area contributed by atoms with Gasteiger partial charge in [-0.3, -0.25) is 9.89 Å². The molecule has 1 aromatic heterocycles. The number of hydrogen-bond acceptors (Lipinski definition) is 4. The van der Waals surface area contributed by atoms with Crippen molar-refractivity contribution in [1.29, 1.82) is 0 Å². The molecule has 0 saturated heterocycles. The Labute approximate surface area is 129 Å². The first-order valence-electron chi connectivity index (χ1n) is 7.56. The van der Waals surface area contributed by atoms with Crippen molar-refractivity contribution in [2.24, 2.45) is 0 Å². The summed E-state index contributed by atoms with van der Waals surface area (Å²) in [5.41, 5.74) is 0.778. The Morgan fingerprint density at radius 3 is 2.59 bits per heavy atom. The maximum Gasteiger partial charge on any atom is 0.227 e. The number of carbonyl (C=O) groups excluding carboxylic acids is 1. The van der Waals surface area contributed by atoms with Gasteiger partial charge in [0, 0.05) is 11.3 Å². The van der Waals surface area contributed by atoms with Crippen molar-refractivity contribution < 1.29 is 9.90 Å². The molecular weight excluding hydrogens is 280 g/mol. The number of hydrogen-bond donors (Lipinski definition) is 3. The number of carbonyl (C=O) groups is 1. The second-order valence-electron chi connectivity index (χ2n) is 5.98. The van der Waals surface area contributed by atoms with E-state index in [9.17, 15) is 9.90 Å². The summed E-state index contributed by atoms with van der Waals surface area (Å²) >= 11 is 0. The van der Waals surface area contributed by atoms with Gasteiger partial charge in [0.15, 0.2) is 5.82 Å². The van der Waals surface area contributed by atoms with Crippen LogP contribution in [0.4, 0.5) is 5.69 Å². The number of aliphatic hydroxyl groups is 1. The number of nitrogens with zero attached hydrogens (tertiary/aromatic N) is 2. The number of aryl methyl sites for hydroxylation is 1. The maximum atomic E-state index is 12.0. The highest BCUT2D eigenvalue weighted by atomic mass is 16.3. The van der Waals surface area contributed by atoms with E-state index in [-0.39, 0.29) is 12.3 Å². The van der Waals surface area contributed by atoms with Gasteiger partial charge in [-0.15, -0.1) is 0 Å². The molecule has 6 nitrogen and oxygen atoms in total. The summed E-state index contributed by atoms with van der Waals surface area (Å²) in [6, 6.07) is 7.36. The highest BCUT2D eigenvalue weighted by Gasteiger charge is 2.33. The van der Waals surface area contributed by atoms with Crippen LogP contribution in [0, 0.1) is 6.92 Å². The minimum Gasteiger partial charge on any atom is -0.389 e. The van der Waals surface area contributed by atoms with Crippen molar-refractivity contribution >= 4 is 11.6 Å². The highest BCUT2D eigenvalue weighted by Crippen LogP contribution is 2.32. The Balaban J connectivity index is 1.62. The standard InChI is InChI=1S/C16H20N4O2/c1-11-17-15(20-19-11)12-4-6-13(7-5-12)18-14(21)10-16(22)8-2-3-9-16/h4-7,22H,2-3,8-10H2,1H3,(H,18,21)(H,17,19,20). The molecule has 1 aromatic carbocycles. The second kappa shape index (κ2) is 5.88. The van der Waals surface area contributed by atoms with Gasteiger partial charge in [-0.25, -0.2) is 4.98 Å². The zero-order chi connectivity index (χ0) is 15.6. The number of H-pyrrole nitrogens is 1. The van der Waals surface area contributed by atoms with E-state index in [4.69, 9.17) is 0 Å². The summed E-state index contributed by atoms with van der Waals surface area (Å²) in [6.07, 6.45) is 3.57. The Morgan fingerprint density at radius 2 is 2.00 bits per heavy atom. The van der Waals surface area contributed by atoms with Gasteiger partial charge in [0.25, 0.3) is 0 Å². The zero-order valence-corrected chi connectivity index (χ0v) is 12.6. The van der Waals surface area contributed by atoms with Crippen LogP contribution in [0.2, 0.25) is 0 Å². The fourth-order valence-electron chi connectivity index (χ4n) is 2.89. The molecule has 6 heteroatoms. The van der Waals surface area contributed by atoms with Crippen molar-refractivity contribution in [2.75, 3.05) is 5.32 Å². The molecule has 2 aromatic rings. The number of anilines is 1. The van der Waals surface area contributed by atoms with E-state index in [0.717, 1.165) is 24.2 Å². The molecule has 1 aliphatic rings. The van der Waals surface area contributed by atoms with Gasteiger partial charge in [0.2, 0.25) is 5.91 Å². The molecule has 1 aliphatic carbocycles. The summed E-state index contributed by atoms with van der Waals surface area (Å²) in [5, 5.41) is 20.0. The Morgan fingerprint density at radius 1 is 1.32 bits per heavy atom. The third-order valence-corrected chi connectivity index (χ3v) is 4.05. The number of aromatic nitrogens is 3. The fourth-order valence-corrected chi connectivity index (χ4v) is 2.89. The first kappa shape index (κ1) is 14.7. The SMILES string of the molecule is Cc1nc(-c2ccc(NC(=O)CC3(O)CCCC3)cc2)n[nH]1. The Hall–Kier alpha value is -2.21. The van der Waals surface area contributed by atoms with Crippen LogP contribution in [0.3, 0.4) is 0 Å². The van der Waals surface area contributed by atoms with Gasteiger partial charge in [0.1, 0.15) is 5.82 Å². The molecule has 0 aliphatic heterocycles. The molecule has 0 atom stereocenters. The van der Waals surface area contributed by atoms with E-state index >= 15 is 0 Å². The summed E-state index contributed by atoms with van der Waals surface area (Å²) in [4.78, 5) is 16.3. The number of rotatable bonds is 4. The third kappa shape index (κ3) is 3.33. The molecule has 0 bridgehead atoms. The van der Waals surface area contributed by atoms with Crippen molar-refractivity contribution in [3.63, 3.8) is 0 Å².